The van der Waals surface area contributed by atoms with E-state index in [1.54, 1.807) is 11.8 Å². The highest BCUT2D eigenvalue weighted by molar-refractivity contribution is 7.99. The van der Waals surface area contributed by atoms with Crippen LogP contribution in [0.2, 0.25) is 0 Å². The summed E-state index contributed by atoms with van der Waals surface area (Å²) in [5, 5.41) is 16.1. The standard InChI is InChI=1S/C10H17N5S/c1-9(2)3-6-16-8-10(9,7-11)13-4-5-14-15-12/h13H,3-6,8H2,1-2H3. The molecule has 6 heteroatoms. The van der Waals surface area contributed by atoms with Crippen LogP contribution in [0.25, 0.3) is 10.4 Å². The van der Waals surface area contributed by atoms with Crippen LogP contribution in [0.1, 0.15) is 20.3 Å². The number of thioether (sulfide) groups is 1. The Labute approximate surface area is 100 Å². The SMILES string of the molecule is CC1(C)CCSCC1(C#N)NCCN=[N+]=[N-]. The lowest BCUT2D eigenvalue weighted by Gasteiger charge is -2.45. The molecule has 0 aromatic rings. The van der Waals surface area contributed by atoms with Crippen LogP contribution in [-0.2, 0) is 0 Å². The van der Waals surface area contributed by atoms with E-state index in [1.165, 1.54) is 0 Å². The molecular formula is C10H17N5S. The van der Waals surface area contributed by atoms with Gasteiger partial charge < -0.3 is 0 Å². The van der Waals surface area contributed by atoms with E-state index in [0.717, 1.165) is 17.9 Å². The fourth-order valence-corrected chi connectivity index (χ4v) is 3.50. The smallest absolute Gasteiger partial charge is 0.121 e. The topological polar surface area (TPSA) is 84.6 Å². The molecule has 1 rings (SSSR count). The van der Waals surface area contributed by atoms with Crippen molar-refractivity contribution in [1.29, 1.82) is 5.26 Å². The van der Waals surface area contributed by atoms with Crippen LogP contribution in [0, 0.1) is 16.7 Å². The van der Waals surface area contributed by atoms with Crippen molar-refractivity contribution in [2.75, 3.05) is 24.6 Å². The summed E-state index contributed by atoms with van der Waals surface area (Å²) in [5.74, 6) is 1.90. The molecule has 0 aliphatic carbocycles. The quantitative estimate of drug-likeness (QED) is 0.353. The second-order valence-corrected chi connectivity index (χ2v) is 5.69. The summed E-state index contributed by atoms with van der Waals surface area (Å²) in [7, 11) is 0. The third-order valence-corrected chi connectivity index (χ3v) is 4.37. The highest BCUT2D eigenvalue weighted by atomic mass is 32.2. The fraction of sp³-hybridized carbons (Fsp3) is 0.900. The minimum atomic E-state index is -0.499. The fourth-order valence-electron chi connectivity index (χ4n) is 1.84. The number of hydrogen-bond acceptors (Lipinski definition) is 4. The molecule has 1 unspecified atom stereocenters. The summed E-state index contributed by atoms with van der Waals surface area (Å²) in [4.78, 5) is 2.70. The van der Waals surface area contributed by atoms with Gasteiger partial charge in [-0.15, -0.1) is 0 Å². The van der Waals surface area contributed by atoms with Crippen molar-refractivity contribution in [3.05, 3.63) is 10.4 Å². The summed E-state index contributed by atoms with van der Waals surface area (Å²) in [6.45, 7) is 5.19. The van der Waals surface area contributed by atoms with Crippen molar-refractivity contribution >= 4 is 11.8 Å². The third kappa shape index (κ3) is 2.62. The van der Waals surface area contributed by atoms with Crippen molar-refractivity contribution in [2.45, 2.75) is 25.8 Å². The minimum Gasteiger partial charge on any atom is -0.298 e. The van der Waals surface area contributed by atoms with Crippen LogP contribution in [0.3, 0.4) is 0 Å². The molecule has 1 N–H and O–H groups in total. The molecule has 5 nitrogen and oxygen atoms in total. The highest BCUT2D eigenvalue weighted by Gasteiger charge is 2.47. The molecule has 1 aliphatic heterocycles. The van der Waals surface area contributed by atoms with Crippen molar-refractivity contribution in [2.24, 2.45) is 10.5 Å². The lowest BCUT2D eigenvalue weighted by molar-refractivity contribution is 0.185. The first-order valence-electron chi connectivity index (χ1n) is 5.33. The maximum Gasteiger partial charge on any atom is 0.121 e. The maximum absolute atomic E-state index is 9.40. The third-order valence-electron chi connectivity index (χ3n) is 3.24. The van der Waals surface area contributed by atoms with Crippen LogP contribution < -0.4 is 5.32 Å². The molecule has 0 aromatic carbocycles. The van der Waals surface area contributed by atoms with E-state index in [9.17, 15) is 5.26 Å². The Kier molecular flexibility index (Phi) is 4.48. The Morgan fingerprint density at radius 3 is 2.94 bits per heavy atom. The number of rotatable bonds is 4. The maximum atomic E-state index is 9.40. The van der Waals surface area contributed by atoms with Crippen molar-refractivity contribution in [1.82, 2.24) is 5.32 Å². The Balaban J connectivity index is 2.68. The Hall–Kier alpha value is -0.890. The largest absolute Gasteiger partial charge is 0.298 e. The van der Waals surface area contributed by atoms with Gasteiger partial charge in [-0.25, -0.2) is 0 Å². The van der Waals surface area contributed by atoms with Crippen LogP contribution in [-0.4, -0.2) is 30.1 Å². The normalized spacial score (nSPS) is 27.8. The zero-order valence-corrected chi connectivity index (χ0v) is 10.5. The molecule has 1 saturated heterocycles. The van der Waals surface area contributed by atoms with Gasteiger partial charge in [0.15, 0.2) is 0 Å². The predicted molar refractivity (Wildman–Crippen MR) is 66.1 cm³/mol. The van der Waals surface area contributed by atoms with E-state index in [-0.39, 0.29) is 5.41 Å². The van der Waals surface area contributed by atoms with Gasteiger partial charge in [0.25, 0.3) is 0 Å². The summed E-state index contributed by atoms with van der Waals surface area (Å²) >= 11 is 1.80. The van der Waals surface area contributed by atoms with E-state index >= 15 is 0 Å². The molecule has 0 aromatic heterocycles. The Bertz CT molecular complexity index is 329. The van der Waals surface area contributed by atoms with Crippen LogP contribution in [0.15, 0.2) is 5.11 Å². The average molecular weight is 239 g/mol. The minimum absolute atomic E-state index is 0.0383. The van der Waals surface area contributed by atoms with Gasteiger partial charge in [0.2, 0.25) is 0 Å². The number of azide groups is 1. The van der Waals surface area contributed by atoms with Gasteiger partial charge >= 0.3 is 0 Å². The molecule has 0 amide bonds. The van der Waals surface area contributed by atoms with Crippen molar-refractivity contribution in [3.63, 3.8) is 0 Å². The van der Waals surface area contributed by atoms with Gasteiger partial charge in [-0.3, -0.25) is 5.32 Å². The first-order chi connectivity index (χ1) is 7.58. The number of nitrogens with zero attached hydrogens (tertiary/aromatic N) is 4. The van der Waals surface area contributed by atoms with E-state index in [0.29, 0.717) is 13.1 Å². The number of nitrogens with one attached hydrogen (secondary N) is 1. The molecule has 0 spiro atoms. The van der Waals surface area contributed by atoms with Crippen molar-refractivity contribution in [3.8, 4) is 6.07 Å². The molecular weight excluding hydrogens is 222 g/mol. The molecule has 88 valence electrons. The first-order valence-corrected chi connectivity index (χ1v) is 6.48. The molecule has 1 heterocycles. The molecule has 1 atom stereocenters. The lowest BCUT2D eigenvalue weighted by Crippen LogP contribution is -2.59. The monoisotopic (exact) mass is 239 g/mol. The summed E-state index contributed by atoms with van der Waals surface area (Å²) < 4.78 is 0. The van der Waals surface area contributed by atoms with Crippen molar-refractivity contribution < 1.29 is 0 Å². The van der Waals surface area contributed by atoms with Gasteiger partial charge in [-0.2, -0.15) is 17.0 Å². The molecule has 16 heavy (non-hydrogen) atoms. The van der Waals surface area contributed by atoms with E-state index in [4.69, 9.17) is 5.53 Å². The molecule has 1 fully saturated rings. The van der Waals surface area contributed by atoms with Gasteiger partial charge in [-0.05, 0) is 23.1 Å². The first kappa shape index (κ1) is 13.2. The van der Waals surface area contributed by atoms with Gasteiger partial charge in [-0.1, -0.05) is 19.0 Å². The summed E-state index contributed by atoms with van der Waals surface area (Å²) in [6, 6.07) is 2.42. The van der Waals surface area contributed by atoms with Gasteiger partial charge in [0.05, 0.1) is 6.07 Å². The zero-order chi connectivity index (χ0) is 12.1. The molecule has 0 saturated carbocycles. The van der Waals surface area contributed by atoms with E-state index in [2.05, 4.69) is 35.3 Å². The molecule has 1 aliphatic rings. The van der Waals surface area contributed by atoms with Crippen LogP contribution in [0.5, 0.6) is 0 Å². The summed E-state index contributed by atoms with van der Waals surface area (Å²) in [6.07, 6.45) is 1.03. The predicted octanol–water partition coefficient (Wildman–Crippen LogP) is 2.31. The average Bonchev–Trinajstić information content (AvgIpc) is 2.26. The summed E-state index contributed by atoms with van der Waals surface area (Å²) in [5.41, 5.74) is 7.65. The zero-order valence-electron chi connectivity index (χ0n) is 9.73. The van der Waals surface area contributed by atoms with Crippen LogP contribution >= 0.6 is 11.8 Å². The van der Waals surface area contributed by atoms with Gasteiger partial charge in [0, 0.05) is 23.8 Å². The lowest BCUT2D eigenvalue weighted by atomic mass is 9.71. The second kappa shape index (κ2) is 5.44. The second-order valence-electron chi connectivity index (χ2n) is 4.58. The molecule has 0 bridgehead atoms. The van der Waals surface area contributed by atoms with Crippen LogP contribution in [0.4, 0.5) is 0 Å². The number of hydrogen-bond donors (Lipinski definition) is 1. The molecule has 0 radical (unpaired) electrons. The van der Waals surface area contributed by atoms with E-state index < -0.39 is 5.54 Å². The number of nitriles is 1. The van der Waals surface area contributed by atoms with E-state index in [1.807, 2.05) is 0 Å². The van der Waals surface area contributed by atoms with Gasteiger partial charge in [0.1, 0.15) is 5.54 Å². The highest BCUT2D eigenvalue weighted by Crippen LogP contribution is 2.41. The Morgan fingerprint density at radius 1 is 1.62 bits per heavy atom. The Morgan fingerprint density at radius 2 is 2.38 bits per heavy atom.